The molecule has 2 nitrogen and oxygen atoms in total. The Morgan fingerprint density at radius 1 is 0.615 bits per heavy atom. The molecule has 0 unspecified atom stereocenters. The molecule has 0 atom stereocenters. The molecule has 0 aliphatic heterocycles. The smallest absolute Gasteiger partial charge is 0.0472 e. The molecule has 1 rings (SSSR count). The van der Waals surface area contributed by atoms with Gasteiger partial charge in [0.1, 0.15) is 0 Å². The van der Waals surface area contributed by atoms with E-state index in [1.54, 1.807) is 12.4 Å². The van der Waals surface area contributed by atoms with Crippen molar-refractivity contribution >= 4 is 0 Å². The van der Waals surface area contributed by atoms with E-state index in [4.69, 9.17) is 0 Å². The maximum atomic E-state index is 3.90. The lowest BCUT2D eigenvalue weighted by Crippen LogP contribution is -1.65. The van der Waals surface area contributed by atoms with Gasteiger partial charge in [0.25, 0.3) is 0 Å². The normalized spacial score (nSPS) is 8.00. The topological polar surface area (TPSA) is 28.7 Å². The summed E-state index contributed by atoms with van der Waals surface area (Å²) in [4.78, 5) is 0. The molecule has 1 aromatic rings. The van der Waals surface area contributed by atoms with Gasteiger partial charge in [-0.05, 0) is 12.1 Å². The van der Waals surface area contributed by atoms with Crippen LogP contribution in [0.25, 0.3) is 0 Å². The van der Waals surface area contributed by atoms with E-state index in [9.17, 15) is 0 Å². The molecule has 1 N–H and O–H groups in total. The average Bonchev–Trinajstić information content (AvgIpc) is 2.18. The van der Waals surface area contributed by atoms with Gasteiger partial charge in [0, 0.05) is 12.4 Å². The van der Waals surface area contributed by atoms with Crippen molar-refractivity contribution in [1.29, 1.82) is 0 Å². The van der Waals surface area contributed by atoms with Crippen molar-refractivity contribution in [2.45, 2.75) is 0 Å². The molecule has 1 heterocycles. The predicted molar refractivity (Wildman–Crippen MR) is 53.8 cm³/mol. The second kappa shape index (κ2) is 6.85. The molecule has 1 aromatic heterocycles. The van der Waals surface area contributed by atoms with Crippen molar-refractivity contribution in [3.63, 3.8) is 0 Å². The Hall–Kier alpha value is -1.83. The lowest BCUT2D eigenvalue weighted by Gasteiger charge is -1.68. The number of rotatable bonds is 0. The highest BCUT2D eigenvalue weighted by Crippen LogP contribution is 1.77. The Bertz CT molecular complexity index is 202. The zero-order valence-corrected chi connectivity index (χ0v) is 7.30. The zero-order valence-electron chi connectivity index (χ0n) is 7.30. The van der Waals surface area contributed by atoms with E-state index in [0.29, 0.717) is 0 Å². The first-order valence-corrected chi connectivity index (χ1v) is 4.10. The standard InChI is InChI=1S/C11H12N2/c1-2-4-6-8-10-12-13-11-9-7-5-3-1/h1-12H. The summed E-state index contributed by atoms with van der Waals surface area (Å²) in [5, 5.41) is 6.66. The van der Waals surface area contributed by atoms with Crippen LogP contribution in [-0.2, 0) is 0 Å². The summed E-state index contributed by atoms with van der Waals surface area (Å²) in [6.07, 6.45) is 3.46. The van der Waals surface area contributed by atoms with Crippen LogP contribution in [0.4, 0.5) is 0 Å². The van der Waals surface area contributed by atoms with E-state index in [1.807, 2.05) is 54.6 Å². The molecule has 2 heteroatoms. The fraction of sp³-hybridized carbons (Fsp3) is 0. The number of H-pyrrole nitrogens is 1. The molecule has 0 spiro atoms. The van der Waals surface area contributed by atoms with E-state index in [2.05, 4.69) is 10.2 Å². The molecular formula is C11H12N2. The first kappa shape index (κ1) is 9.26. The Labute approximate surface area is 77.9 Å². The monoisotopic (exact) mass is 172 g/mol. The van der Waals surface area contributed by atoms with Gasteiger partial charge in [0.15, 0.2) is 0 Å². The summed E-state index contributed by atoms with van der Waals surface area (Å²) in [6.45, 7) is 0. The molecular weight excluding hydrogens is 160 g/mol. The van der Waals surface area contributed by atoms with E-state index >= 15 is 0 Å². The Morgan fingerprint density at radius 3 is 1.85 bits per heavy atom. The molecule has 0 fully saturated rings. The van der Waals surface area contributed by atoms with Crippen molar-refractivity contribution in [2.24, 2.45) is 0 Å². The third-order valence-corrected chi connectivity index (χ3v) is 1.29. The van der Waals surface area contributed by atoms with Crippen LogP contribution in [0, 0.1) is 0 Å². The van der Waals surface area contributed by atoms with Gasteiger partial charge in [-0.1, -0.05) is 42.5 Å². The van der Waals surface area contributed by atoms with E-state index in [-0.39, 0.29) is 0 Å². The van der Waals surface area contributed by atoms with Crippen LogP contribution in [0.5, 0.6) is 0 Å². The van der Waals surface area contributed by atoms with Gasteiger partial charge in [-0.3, -0.25) is 5.10 Å². The zero-order chi connectivity index (χ0) is 9.19. The van der Waals surface area contributed by atoms with Gasteiger partial charge in [-0.2, -0.15) is 5.10 Å². The third kappa shape index (κ3) is 5.44. The van der Waals surface area contributed by atoms with Crippen LogP contribution in [0.15, 0.2) is 67.0 Å². The molecule has 66 valence electrons. The third-order valence-electron chi connectivity index (χ3n) is 1.29. The van der Waals surface area contributed by atoms with Crippen molar-refractivity contribution in [2.75, 3.05) is 0 Å². The number of aromatic nitrogens is 2. The Balaban J connectivity index is 3.02. The number of nitrogens with one attached hydrogen (secondary N) is 1. The molecule has 0 saturated heterocycles. The van der Waals surface area contributed by atoms with Gasteiger partial charge >= 0.3 is 0 Å². The lowest BCUT2D eigenvalue weighted by molar-refractivity contribution is 1.05. The summed E-state index contributed by atoms with van der Waals surface area (Å²) >= 11 is 0. The van der Waals surface area contributed by atoms with Gasteiger partial charge < -0.3 is 0 Å². The number of nitrogens with zero attached hydrogens (tertiary/aromatic N) is 1. The fourth-order valence-corrected chi connectivity index (χ4v) is 0.726. The summed E-state index contributed by atoms with van der Waals surface area (Å²) in [7, 11) is 0. The van der Waals surface area contributed by atoms with Crippen LogP contribution in [0.1, 0.15) is 0 Å². The second-order valence-electron chi connectivity index (χ2n) is 2.31. The lowest BCUT2D eigenvalue weighted by atomic mass is 10.4. The predicted octanol–water partition coefficient (Wildman–Crippen LogP) is 2.66. The van der Waals surface area contributed by atoms with Gasteiger partial charge in [-0.25, -0.2) is 0 Å². The minimum Gasteiger partial charge on any atom is -0.286 e. The Morgan fingerprint density at radius 2 is 1.15 bits per heavy atom. The van der Waals surface area contributed by atoms with E-state index < -0.39 is 0 Å². The summed E-state index contributed by atoms with van der Waals surface area (Å²) in [5.74, 6) is 0. The van der Waals surface area contributed by atoms with E-state index in [0.717, 1.165) is 0 Å². The molecule has 13 heavy (non-hydrogen) atoms. The first-order valence-electron chi connectivity index (χ1n) is 4.10. The van der Waals surface area contributed by atoms with Crippen molar-refractivity contribution < 1.29 is 0 Å². The molecule has 0 aromatic carbocycles. The molecule has 0 radical (unpaired) electrons. The van der Waals surface area contributed by atoms with Crippen LogP contribution in [0.2, 0.25) is 0 Å². The average molecular weight is 172 g/mol. The maximum Gasteiger partial charge on any atom is 0.0472 e. The highest BCUT2D eigenvalue weighted by Gasteiger charge is 1.58. The Kier molecular flexibility index (Phi) is 4.88. The minimum atomic E-state index is 1.69. The summed E-state index contributed by atoms with van der Waals surface area (Å²) in [6, 6.07) is 17.4. The van der Waals surface area contributed by atoms with Crippen LogP contribution < -0.4 is 0 Å². The number of hydrogen-bond acceptors (Lipinski definition) is 1. The molecule has 0 bridgehead atoms. The minimum absolute atomic E-state index is 1.69. The van der Waals surface area contributed by atoms with Crippen LogP contribution in [-0.4, -0.2) is 10.2 Å². The SMILES string of the molecule is c1cccccn[nH]ccccc1. The highest BCUT2D eigenvalue weighted by atomic mass is 15.1. The highest BCUT2D eigenvalue weighted by molar-refractivity contribution is 4.95. The van der Waals surface area contributed by atoms with Crippen molar-refractivity contribution in [3.8, 4) is 0 Å². The molecule has 0 saturated carbocycles. The summed E-state index contributed by atoms with van der Waals surface area (Å²) < 4.78 is 0. The molecule has 0 aliphatic rings. The molecule has 0 amide bonds. The van der Waals surface area contributed by atoms with Crippen LogP contribution >= 0.6 is 0 Å². The summed E-state index contributed by atoms with van der Waals surface area (Å²) in [5.41, 5.74) is 0. The first-order chi connectivity index (χ1) is 6.50. The largest absolute Gasteiger partial charge is 0.286 e. The van der Waals surface area contributed by atoms with E-state index in [1.165, 1.54) is 0 Å². The fourth-order valence-electron chi connectivity index (χ4n) is 0.726. The van der Waals surface area contributed by atoms with Gasteiger partial charge in [-0.15, -0.1) is 0 Å². The number of hydrogen-bond donors (Lipinski definition) is 1. The quantitative estimate of drug-likeness (QED) is 0.640. The maximum absolute atomic E-state index is 3.90. The second-order valence-corrected chi connectivity index (χ2v) is 2.31. The number of aromatic amines is 1. The molecule has 0 aliphatic carbocycles. The van der Waals surface area contributed by atoms with Gasteiger partial charge in [0.05, 0.1) is 0 Å². The van der Waals surface area contributed by atoms with Crippen molar-refractivity contribution in [3.05, 3.63) is 67.0 Å². The van der Waals surface area contributed by atoms with Gasteiger partial charge in [0.2, 0.25) is 0 Å². The van der Waals surface area contributed by atoms with Crippen LogP contribution in [0.3, 0.4) is 0 Å². The van der Waals surface area contributed by atoms with Crippen molar-refractivity contribution in [1.82, 2.24) is 10.2 Å².